The van der Waals surface area contributed by atoms with Gasteiger partial charge >= 0.3 is 0 Å². The summed E-state index contributed by atoms with van der Waals surface area (Å²) in [5.41, 5.74) is 7.61. The van der Waals surface area contributed by atoms with Gasteiger partial charge in [0.2, 0.25) is 11.8 Å². The van der Waals surface area contributed by atoms with Crippen LogP contribution in [0.3, 0.4) is 0 Å². The molecule has 1 aromatic rings. The van der Waals surface area contributed by atoms with E-state index in [-0.39, 0.29) is 24.4 Å². The number of amides is 2. The first-order chi connectivity index (χ1) is 9.02. The molecule has 2 rings (SSSR count). The molecule has 1 fully saturated rings. The molecule has 0 saturated carbocycles. The number of rotatable bonds is 4. The number of nitrogens with two attached hydrogens (primary N) is 1. The van der Waals surface area contributed by atoms with E-state index in [4.69, 9.17) is 10.5 Å². The van der Waals surface area contributed by atoms with Crippen LogP contribution in [0.1, 0.15) is 36.9 Å². The molecule has 1 unspecified atom stereocenters. The zero-order chi connectivity index (χ0) is 14.0. The second-order valence-corrected chi connectivity index (χ2v) is 4.73. The number of likely N-dealkylation sites (tertiary alicyclic amines) is 1. The lowest BCUT2D eigenvalue weighted by molar-refractivity contribution is -0.139. The Hall–Kier alpha value is -1.88. The molecule has 2 amide bonds. The van der Waals surface area contributed by atoms with Crippen LogP contribution >= 0.6 is 0 Å². The van der Waals surface area contributed by atoms with Crippen LogP contribution in [-0.2, 0) is 16.1 Å². The molecule has 0 bridgehead atoms. The molecule has 1 aliphatic rings. The van der Waals surface area contributed by atoms with Crippen molar-refractivity contribution in [2.24, 2.45) is 5.73 Å². The van der Waals surface area contributed by atoms with Crippen LogP contribution in [0, 0.1) is 0 Å². The molecule has 1 aromatic carbocycles. The summed E-state index contributed by atoms with van der Waals surface area (Å²) in [5.74, 6) is 0.411. The number of benzene rings is 1. The fraction of sp³-hybridized carbons (Fsp3) is 0.429. The van der Waals surface area contributed by atoms with Crippen LogP contribution < -0.4 is 10.5 Å². The van der Waals surface area contributed by atoms with Gasteiger partial charge in [-0.2, -0.15) is 0 Å². The number of methoxy groups -OCH3 is 1. The number of carbonyl (C=O) groups is 2. The Morgan fingerprint density at radius 2 is 1.95 bits per heavy atom. The predicted octanol–water partition coefficient (Wildman–Crippen LogP) is 1.36. The first-order valence-electron chi connectivity index (χ1n) is 6.28. The highest BCUT2D eigenvalue weighted by atomic mass is 16.5. The summed E-state index contributed by atoms with van der Waals surface area (Å²) in [5, 5.41) is 0. The Labute approximate surface area is 112 Å². The summed E-state index contributed by atoms with van der Waals surface area (Å²) in [6.07, 6.45) is 0.599. The molecule has 0 aromatic heterocycles. The molecule has 1 heterocycles. The number of hydrogen-bond donors (Lipinski definition) is 1. The van der Waals surface area contributed by atoms with Crippen molar-refractivity contribution in [1.29, 1.82) is 0 Å². The number of imide groups is 1. The molecule has 0 aliphatic carbocycles. The van der Waals surface area contributed by atoms with E-state index in [9.17, 15) is 9.59 Å². The van der Waals surface area contributed by atoms with Gasteiger partial charge in [0.1, 0.15) is 5.75 Å². The lowest BCUT2D eigenvalue weighted by atomic mass is 10.0. The van der Waals surface area contributed by atoms with Gasteiger partial charge < -0.3 is 10.5 Å². The molecule has 1 aliphatic heterocycles. The van der Waals surface area contributed by atoms with Crippen molar-refractivity contribution in [3.8, 4) is 5.75 Å². The van der Waals surface area contributed by atoms with Crippen LogP contribution in [0.15, 0.2) is 18.2 Å². The van der Waals surface area contributed by atoms with Gasteiger partial charge in [0.25, 0.3) is 0 Å². The SMILES string of the molecule is COc1ccc(C(C)N)cc1CN1C(=O)CCC1=O. The number of ether oxygens (including phenoxy) is 1. The lowest BCUT2D eigenvalue weighted by Crippen LogP contribution is -2.28. The molecule has 19 heavy (non-hydrogen) atoms. The van der Waals surface area contributed by atoms with Gasteiger partial charge in [-0.25, -0.2) is 0 Å². The summed E-state index contributed by atoms with van der Waals surface area (Å²) in [4.78, 5) is 24.6. The second-order valence-electron chi connectivity index (χ2n) is 4.73. The van der Waals surface area contributed by atoms with Crippen molar-refractivity contribution in [2.45, 2.75) is 32.4 Å². The van der Waals surface area contributed by atoms with Gasteiger partial charge in [0.05, 0.1) is 13.7 Å². The maximum Gasteiger partial charge on any atom is 0.230 e. The molecule has 5 heteroatoms. The monoisotopic (exact) mass is 262 g/mol. The third-order valence-corrected chi connectivity index (χ3v) is 3.31. The van der Waals surface area contributed by atoms with Crippen LogP contribution in [0.4, 0.5) is 0 Å². The normalized spacial score (nSPS) is 16.9. The van der Waals surface area contributed by atoms with Gasteiger partial charge in [0.15, 0.2) is 0 Å². The van der Waals surface area contributed by atoms with Crippen LogP contribution in [0.2, 0.25) is 0 Å². The third-order valence-electron chi connectivity index (χ3n) is 3.31. The van der Waals surface area contributed by atoms with E-state index >= 15 is 0 Å². The summed E-state index contributed by atoms with van der Waals surface area (Å²) in [7, 11) is 1.57. The summed E-state index contributed by atoms with van der Waals surface area (Å²) < 4.78 is 5.27. The van der Waals surface area contributed by atoms with Gasteiger partial charge in [-0.05, 0) is 24.6 Å². The lowest BCUT2D eigenvalue weighted by Gasteiger charge is -2.18. The maximum absolute atomic E-state index is 11.6. The van der Waals surface area contributed by atoms with E-state index in [1.807, 2.05) is 25.1 Å². The topological polar surface area (TPSA) is 72.6 Å². The summed E-state index contributed by atoms with van der Waals surface area (Å²) in [6.45, 7) is 2.14. The van der Waals surface area contributed by atoms with Crippen molar-refractivity contribution in [3.63, 3.8) is 0 Å². The fourth-order valence-corrected chi connectivity index (χ4v) is 2.17. The zero-order valence-electron chi connectivity index (χ0n) is 11.2. The Balaban J connectivity index is 2.29. The third kappa shape index (κ3) is 2.76. The van der Waals surface area contributed by atoms with E-state index in [2.05, 4.69) is 0 Å². The minimum Gasteiger partial charge on any atom is -0.496 e. The number of nitrogens with zero attached hydrogens (tertiary/aromatic N) is 1. The molecule has 1 atom stereocenters. The van der Waals surface area contributed by atoms with Crippen LogP contribution in [-0.4, -0.2) is 23.8 Å². The van der Waals surface area contributed by atoms with Crippen molar-refractivity contribution in [3.05, 3.63) is 29.3 Å². The van der Waals surface area contributed by atoms with Crippen molar-refractivity contribution < 1.29 is 14.3 Å². The van der Waals surface area contributed by atoms with Gasteiger partial charge in [-0.3, -0.25) is 14.5 Å². The van der Waals surface area contributed by atoms with E-state index in [0.717, 1.165) is 11.1 Å². The van der Waals surface area contributed by atoms with Crippen LogP contribution in [0.25, 0.3) is 0 Å². The number of hydrogen-bond acceptors (Lipinski definition) is 4. The first-order valence-corrected chi connectivity index (χ1v) is 6.28. The van der Waals surface area contributed by atoms with E-state index in [1.165, 1.54) is 4.90 Å². The Bertz CT molecular complexity index is 495. The van der Waals surface area contributed by atoms with Crippen molar-refractivity contribution >= 4 is 11.8 Å². The molecule has 5 nitrogen and oxygen atoms in total. The summed E-state index contributed by atoms with van der Waals surface area (Å²) >= 11 is 0. The van der Waals surface area contributed by atoms with Gasteiger partial charge in [-0.15, -0.1) is 0 Å². The quantitative estimate of drug-likeness (QED) is 0.832. The van der Waals surface area contributed by atoms with Gasteiger partial charge in [-0.1, -0.05) is 6.07 Å². The number of carbonyl (C=O) groups excluding carboxylic acids is 2. The first kappa shape index (κ1) is 13.5. The molecule has 1 saturated heterocycles. The van der Waals surface area contributed by atoms with Crippen LogP contribution in [0.5, 0.6) is 5.75 Å². The molecule has 0 spiro atoms. The van der Waals surface area contributed by atoms with E-state index in [0.29, 0.717) is 18.6 Å². The minimum atomic E-state index is -0.127. The standard InChI is InChI=1S/C14H18N2O3/c1-9(15)10-3-4-12(19-2)11(7-10)8-16-13(17)5-6-14(16)18/h3-4,7,9H,5-6,8,15H2,1-2H3. The average Bonchev–Trinajstić information content (AvgIpc) is 2.70. The zero-order valence-corrected chi connectivity index (χ0v) is 11.2. The molecule has 0 radical (unpaired) electrons. The molecular formula is C14H18N2O3. The summed E-state index contributed by atoms with van der Waals surface area (Å²) in [6, 6.07) is 5.50. The Morgan fingerprint density at radius 3 is 2.47 bits per heavy atom. The Morgan fingerprint density at radius 1 is 1.32 bits per heavy atom. The highest BCUT2D eigenvalue weighted by Gasteiger charge is 2.29. The maximum atomic E-state index is 11.6. The van der Waals surface area contributed by atoms with E-state index in [1.54, 1.807) is 7.11 Å². The molecule has 102 valence electrons. The fourth-order valence-electron chi connectivity index (χ4n) is 2.17. The Kier molecular flexibility index (Phi) is 3.85. The second kappa shape index (κ2) is 5.40. The highest BCUT2D eigenvalue weighted by Crippen LogP contribution is 2.26. The largest absolute Gasteiger partial charge is 0.496 e. The highest BCUT2D eigenvalue weighted by molar-refractivity contribution is 6.01. The smallest absolute Gasteiger partial charge is 0.230 e. The van der Waals surface area contributed by atoms with Crippen molar-refractivity contribution in [2.75, 3.05) is 7.11 Å². The average molecular weight is 262 g/mol. The predicted molar refractivity (Wildman–Crippen MR) is 70.4 cm³/mol. The molecule has 2 N–H and O–H groups in total. The minimum absolute atomic E-state index is 0.102. The van der Waals surface area contributed by atoms with Gasteiger partial charge in [0, 0.05) is 24.4 Å². The van der Waals surface area contributed by atoms with E-state index < -0.39 is 0 Å². The molecular weight excluding hydrogens is 244 g/mol. The van der Waals surface area contributed by atoms with Crippen molar-refractivity contribution in [1.82, 2.24) is 4.90 Å².